The molecular weight excluding hydrogens is 206 g/mol. The Morgan fingerprint density at radius 3 is 2.47 bits per heavy atom. The van der Waals surface area contributed by atoms with Crippen molar-refractivity contribution < 1.29 is 1.37 Å². The summed E-state index contributed by atoms with van der Waals surface area (Å²) in [5, 5.41) is 0.605. The number of hydrogen-bond acceptors (Lipinski definition) is 1. The Bertz CT molecular complexity index is 368. The molecule has 1 rings (SSSR count). The third-order valence-electron chi connectivity index (χ3n) is 2.12. The van der Waals surface area contributed by atoms with Crippen LogP contribution in [-0.2, 0) is 0 Å². The number of benzene rings is 1. The molecule has 15 heavy (non-hydrogen) atoms. The van der Waals surface area contributed by atoms with Crippen LogP contribution >= 0.6 is 11.6 Å². The predicted octanol–water partition coefficient (Wildman–Crippen LogP) is 3.83. The number of rotatable bonds is 5. The summed E-state index contributed by atoms with van der Waals surface area (Å²) >= 11 is 6.17. The topological polar surface area (TPSA) is 3.24 Å². The zero-order valence-electron chi connectivity index (χ0n) is 9.96. The Morgan fingerprint density at radius 2 is 2.00 bits per heavy atom. The zero-order valence-corrected chi connectivity index (χ0v) is 9.72. The molecule has 0 aliphatic rings. The Balaban J connectivity index is 3.16. The van der Waals surface area contributed by atoms with Crippen molar-refractivity contribution in [3.05, 3.63) is 54.1 Å². The maximum Gasteiger partial charge on any atom is 0.0642 e. The Morgan fingerprint density at radius 1 is 1.40 bits per heavy atom. The van der Waals surface area contributed by atoms with Gasteiger partial charge >= 0.3 is 0 Å². The van der Waals surface area contributed by atoms with E-state index in [0.717, 1.165) is 11.3 Å². The van der Waals surface area contributed by atoms with E-state index in [2.05, 4.69) is 18.1 Å². The summed E-state index contributed by atoms with van der Waals surface area (Å²) < 4.78 is 7.57. The molecule has 0 bridgehead atoms. The SMILES string of the molecule is [2H]c1cc(C)c(N(CC=C)CC=C)c(Cl)c1. The van der Waals surface area contributed by atoms with Gasteiger partial charge in [0.15, 0.2) is 0 Å². The molecule has 0 aliphatic heterocycles. The fourth-order valence-electron chi connectivity index (χ4n) is 1.53. The number of hydrogen-bond donors (Lipinski definition) is 0. The van der Waals surface area contributed by atoms with Gasteiger partial charge in [-0.2, -0.15) is 0 Å². The van der Waals surface area contributed by atoms with Crippen LogP contribution in [0, 0.1) is 6.92 Å². The normalized spacial score (nSPS) is 10.7. The molecule has 0 atom stereocenters. The van der Waals surface area contributed by atoms with Crippen molar-refractivity contribution in [1.29, 1.82) is 0 Å². The molecule has 0 aliphatic carbocycles. The van der Waals surface area contributed by atoms with E-state index in [-0.39, 0.29) is 0 Å². The molecule has 0 N–H and O–H groups in total. The minimum Gasteiger partial charge on any atom is -0.363 e. The number of para-hydroxylation sites is 1. The summed E-state index contributed by atoms with van der Waals surface area (Å²) in [5.74, 6) is 0. The van der Waals surface area contributed by atoms with Gasteiger partial charge in [0.05, 0.1) is 12.1 Å². The maximum atomic E-state index is 7.57. The number of anilines is 1. The molecule has 0 saturated heterocycles. The molecule has 80 valence electrons. The second kappa shape index (κ2) is 5.62. The van der Waals surface area contributed by atoms with Gasteiger partial charge in [0, 0.05) is 13.1 Å². The van der Waals surface area contributed by atoms with E-state index in [9.17, 15) is 0 Å². The minimum atomic E-state index is 0.434. The molecular formula is C13H16ClN. The van der Waals surface area contributed by atoms with Gasteiger partial charge in [-0.25, -0.2) is 0 Å². The number of aryl methyl sites for hydroxylation is 1. The van der Waals surface area contributed by atoms with Crippen LogP contribution in [0.5, 0.6) is 0 Å². The van der Waals surface area contributed by atoms with E-state index in [1.54, 1.807) is 12.1 Å². The van der Waals surface area contributed by atoms with E-state index >= 15 is 0 Å². The average molecular weight is 223 g/mol. The molecule has 0 radical (unpaired) electrons. The molecule has 0 fully saturated rings. The van der Waals surface area contributed by atoms with Crippen molar-refractivity contribution in [2.24, 2.45) is 0 Å². The fraction of sp³-hybridized carbons (Fsp3) is 0.231. The second-order valence-electron chi connectivity index (χ2n) is 3.32. The van der Waals surface area contributed by atoms with Gasteiger partial charge in [0.2, 0.25) is 0 Å². The van der Waals surface area contributed by atoms with Crippen molar-refractivity contribution in [1.82, 2.24) is 0 Å². The fourth-order valence-corrected chi connectivity index (χ4v) is 1.87. The molecule has 0 aromatic heterocycles. The first-order valence-electron chi connectivity index (χ1n) is 5.33. The summed E-state index contributed by atoms with van der Waals surface area (Å²) in [7, 11) is 0. The minimum absolute atomic E-state index is 0.434. The Kier molecular flexibility index (Phi) is 3.86. The van der Waals surface area contributed by atoms with Gasteiger partial charge in [-0.1, -0.05) is 35.9 Å². The van der Waals surface area contributed by atoms with Crippen molar-refractivity contribution in [2.45, 2.75) is 6.92 Å². The van der Waals surface area contributed by atoms with Crippen LogP contribution in [0.1, 0.15) is 6.93 Å². The van der Waals surface area contributed by atoms with E-state index in [1.165, 1.54) is 0 Å². The lowest BCUT2D eigenvalue weighted by atomic mass is 10.1. The van der Waals surface area contributed by atoms with Crippen LogP contribution in [0.25, 0.3) is 0 Å². The molecule has 0 amide bonds. The highest BCUT2D eigenvalue weighted by atomic mass is 35.5. The summed E-state index contributed by atoms with van der Waals surface area (Å²) in [4.78, 5) is 2.08. The molecule has 0 saturated carbocycles. The van der Waals surface area contributed by atoms with Crippen molar-refractivity contribution >= 4 is 17.3 Å². The smallest absolute Gasteiger partial charge is 0.0642 e. The molecule has 0 unspecified atom stereocenters. The first-order chi connectivity index (χ1) is 7.60. The summed E-state index contributed by atoms with van der Waals surface area (Å²) in [5.41, 5.74) is 1.96. The summed E-state index contributed by atoms with van der Waals surface area (Å²) in [6.07, 6.45) is 3.65. The van der Waals surface area contributed by atoms with Crippen LogP contribution in [0.15, 0.2) is 43.5 Å². The lowest BCUT2D eigenvalue weighted by molar-refractivity contribution is 0.950. The highest BCUT2D eigenvalue weighted by Crippen LogP contribution is 2.29. The summed E-state index contributed by atoms with van der Waals surface area (Å²) in [6.45, 7) is 10.8. The molecule has 1 aromatic carbocycles. The molecule has 1 nitrogen and oxygen atoms in total. The van der Waals surface area contributed by atoms with Gasteiger partial charge < -0.3 is 4.90 Å². The second-order valence-corrected chi connectivity index (χ2v) is 3.72. The standard InChI is InChI=1S/C13H16ClN/c1-4-9-15(10-5-2)13-11(3)7-6-8-12(13)14/h4-8H,1-2,9-10H2,3H3/i6D. The van der Waals surface area contributed by atoms with Crippen molar-refractivity contribution in [3.63, 3.8) is 0 Å². The van der Waals surface area contributed by atoms with Crippen LogP contribution in [0.3, 0.4) is 0 Å². The largest absolute Gasteiger partial charge is 0.363 e. The molecule has 0 heterocycles. The Labute approximate surface area is 98.1 Å². The van der Waals surface area contributed by atoms with Crippen LogP contribution in [-0.4, -0.2) is 13.1 Å². The van der Waals surface area contributed by atoms with Gasteiger partial charge in [0.25, 0.3) is 0 Å². The van der Waals surface area contributed by atoms with Gasteiger partial charge in [-0.3, -0.25) is 0 Å². The maximum absolute atomic E-state index is 7.57. The van der Waals surface area contributed by atoms with Gasteiger partial charge in [0.1, 0.15) is 0 Å². The molecule has 2 heteroatoms. The van der Waals surface area contributed by atoms with Crippen molar-refractivity contribution in [3.8, 4) is 0 Å². The van der Waals surface area contributed by atoms with Gasteiger partial charge in [-0.05, 0) is 18.6 Å². The lowest BCUT2D eigenvalue weighted by Gasteiger charge is -2.24. The first kappa shape index (κ1) is 10.3. The van der Waals surface area contributed by atoms with E-state index in [0.29, 0.717) is 24.2 Å². The van der Waals surface area contributed by atoms with E-state index in [1.807, 2.05) is 19.1 Å². The highest BCUT2D eigenvalue weighted by Gasteiger charge is 2.09. The van der Waals surface area contributed by atoms with Crippen molar-refractivity contribution in [2.75, 3.05) is 18.0 Å². The lowest BCUT2D eigenvalue weighted by Crippen LogP contribution is -2.24. The molecule has 0 spiro atoms. The number of halogens is 1. The average Bonchev–Trinajstić information content (AvgIpc) is 2.16. The van der Waals surface area contributed by atoms with Gasteiger partial charge in [-0.15, -0.1) is 13.2 Å². The van der Waals surface area contributed by atoms with Crippen LogP contribution < -0.4 is 4.90 Å². The van der Waals surface area contributed by atoms with E-state index < -0.39 is 0 Å². The van der Waals surface area contributed by atoms with Crippen LogP contribution in [0.4, 0.5) is 5.69 Å². The summed E-state index contributed by atoms with van der Waals surface area (Å²) in [6, 6.07) is 3.90. The third kappa shape index (κ3) is 2.87. The third-order valence-corrected chi connectivity index (χ3v) is 2.41. The monoisotopic (exact) mass is 222 g/mol. The Hall–Kier alpha value is -1.21. The van der Waals surface area contributed by atoms with E-state index in [4.69, 9.17) is 13.0 Å². The highest BCUT2D eigenvalue weighted by molar-refractivity contribution is 6.33. The van der Waals surface area contributed by atoms with Crippen LogP contribution in [0.2, 0.25) is 5.02 Å². The quantitative estimate of drug-likeness (QED) is 0.685. The zero-order chi connectivity index (χ0) is 12.1. The molecule has 1 aromatic rings. The first-order valence-corrected chi connectivity index (χ1v) is 5.21. The number of nitrogens with zero attached hydrogens (tertiary/aromatic N) is 1. The predicted molar refractivity (Wildman–Crippen MR) is 68.8 cm³/mol.